The van der Waals surface area contributed by atoms with Crippen molar-refractivity contribution in [3.05, 3.63) is 59.7 Å². The fourth-order valence-corrected chi connectivity index (χ4v) is 3.19. The lowest BCUT2D eigenvalue weighted by molar-refractivity contribution is -0.120. The van der Waals surface area contributed by atoms with Gasteiger partial charge < -0.3 is 5.32 Å². The van der Waals surface area contributed by atoms with E-state index in [-0.39, 0.29) is 17.2 Å². The minimum Gasteiger partial charge on any atom is -0.355 e. The van der Waals surface area contributed by atoms with Gasteiger partial charge >= 0.3 is 10.2 Å². The number of hydrogen-bond acceptors (Lipinski definition) is 5. The number of carbonyl (C=O) groups excluding carboxylic acids is 1. The second-order valence-electron chi connectivity index (χ2n) is 5.55. The van der Waals surface area contributed by atoms with Gasteiger partial charge in [0.15, 0.2) is 0 Å². The van der Waals surface area contributed by atoms with Crippen LogP contribution in [0.5, 0.6) is 0 Å². The lowest BCUT2D eigenvalue weighted by Gasteiger charge is -2.06. The maximum absolute atomic E-state index is 12.8. The molecule has 1 amide bonds. The molecule has 0 atom stereocenters. The van der Waals surface area contributed by atoms with Crippen molar-refractivity contribution in [2.75, 3.05) is 6.54 Å². The highest BCUT2D eigenvalue weighted by Crippen LogP contribution is 2.13. The number of benzene rings is 2. The second kappa shape index (κ2) is 7.94. The van der Waals surface area contributed by atoms with Crippen LogP contribution in [0.3, 0.4) is 0 Å². The van der Waals surface area contributed by atoms with Crippen molar-refractivity contribution in [2.24, 2.45) is 5.14 Å². The molecule has 0 saturated heterocycles. The van der Waals surface area contributed by atoms with E-state index in [1.165, 1.54) is 24.3 Å². The molecule has 0 aliphatic heterocycles. The van der Waals surface area contributed by atoms with Crippen LogP contribution in [0.2, 0.25) is 0 Å². The highest BCUT2D eigenvalue weighted by Gasteiger charge is 2.12. The molecule has 0 spiro atoms. The predicted octanol–water partition coefficient (Wildman–Crippen LogP) is 0.894. The van der Waals surface area contributed by atoms with Crippen LogP contribution in [-0.2, 0) is 37.9 Å². The van der Waals surface area contributed by atoms with E-state index in [1.54, 1.807) is 12.1 Å². The summed E-state index contributed by atoms with van der Waals surface area (Å²) in [6.07, 6.45) is 0.520. The molecule has 0 heterocycles. The molecule has 0 saturated carbocycles. The Bertz CT molecular complexity index is 986. The first-order chi connectivity index (χ1) is 12.1. The Kier molecular flexibility index (Phi) is 6.11. The second-order valence-corrected chi connectivity index (χ2v) is 8.46. The van der Waals surface area contributed by atoms with E-state index in [4.69, 9.17) is 5.14 Å². The van der Waals surface area contributed by atoms with Gasteiger partial charge in [0.1, 0.15) is 0 Å². The van der Waals surface area contributed by atoms with Gasteiger partial charge in [0.25, 0.3) is 0 Å². The molecule has 140 valence electrons. The van der Waals surface area contributed by atoms with Crippen LogP contribution in [0.25, 0.3) is 0 Å². The zero-order chi connectivity index (χ0) is 19.4. The number of primary sulfonamides is 1. The van der Waals surface area contributed by atoms with Gasteiger partial charge in [-0.05, 0) is 41.8 Å². The number of carbonyl (C=O) groups is 1. The van der Waals surface area contributed by atoms with Crippen LogP contribution in [0.1, 0.15) is 11.1 Å². The number of sulfonamides is 1. The number of rotatable bonds is 7. The normalized spacial score (nSPS) is 11.9. The van der Waals surface area contributed by atoms with Gasteiger partial charge in [-0.1, -0.05) is 24.3 Å². The molecule has 2 aromatic rings. The Hall–Kier alpha value is -2.30. The summed E-state index contributed by atoms with van der Waals surface area (Å²) in [4.78, 5) is 11.4. The first kappa shape index (κ1) is 20.0. The van der Waals surface area contributed by atoms with Gasteiger partial charge in [0.05, 0.1) is 16.2 Å². The maximum atomic E-state index is 12.8. The van der Waals surface area contributed by atoms with Crippen LogP contribution in [0.15, 0.2) is 58.3 Å². The van der Waals surface area contributed by atoms with Crippen molar-refractivity contribution in [1.29, 1.82) is 0 Å². The number of halogens is 1. The van der Waals surface area contributed by atoms with Crippen molar-refractivity contribution in [3.8, 4) is 0 Å². The molecule has 7 nitrogen and oxygen atoms in total. The number of amides is 1. The van der Waals surface area contributed by atoms with Crippen molar-refractivity contribution in [3.63, 3.8) is 0 Å². The molecule has 0 radical (unpaired) electrons. The molecule has 0 fully saturated rings. The Morgan fingerprint density at radius 3 is 1.88 bits per heavy atom. The van der Waals surface area contributed by atoms with Gasteiger partial charge in [-0.2, -0.15) is 8.42 Å². The van der Waals surface area contributed by atoms with Crippen molar-refractivity contribution >= 4 is 26.2 Å². The third kappa shape index (κ3) is 5.90. The van der Waals surface area contributed by atoms with Gasteiger partial charge in [-0.25, -0.2) is 13.6 Å². The standard InChI is InChI=1S/C16H17FN2O5S2/c17-25(21,22)14-5-3-13(4-6-14)11-16(20)19-10-9-12-1-7-15(8-2-12)26(18,23)24/h1-8H,9-11H2,(H,19,20)(H2,18,23,24). The predicted molar refractivity (Wildman–Crippen MR) is 93.0 cm³/mol. The summed E-state index contributed by atoms with van der Waals surface area (Å²) in [5.41, 5.74) is 1.38. The van der Waals surface area contributed by atoms with Crippen LogP contribution < -0.4 is 10.5 Å². The molecule has 0 unspecified atom stereocenters. The van der Waals surface area contributed by atoms with Crippen LogP contribution in [0.4, 0.5) is 3.89 Å². The van der Waals surface area contributed by atoms with Crippen LogP contribution in [-0.4, -0.2) is 29.3 Å². The number of hydrogen-bond donors (Lipinski definition) is 2. The van der Waals surface area contributed by atoms with Crippen molar-refractivity contribution < 1.29 is 25.5 Å². The van der Waals surface area contributed by atoms with E-state index < -0.39 is 25.1 Å². The summed E-state index contributed by atoms with van der Waals surface area (Å²) in [5.74, 6) is -0.276. The Morgan fingerprint density at radius 2 is 1.38 bits per heavy atom. The van der Waals surface area contributed by atoms with Crippen molar-refractivity contribution in [1.82, 2.24) is 5.32 Å². The van der Waals surface area contributed by atoms with E-state index in [0.29, 0.717) is 18.5 Å². The summed E-state index contributed by atoms with van der Waals surface area (Å²) in [6.45, 7) is 0.338. The smallest absolute Gasteiger partial charge is 0.332 e. The monoisotopic (exact) mass is 400 g/mol. The molecule has 10 heteroatoms. The largest absolute Gasteiger partial charge is 0.355 e. The summed E-state index contributed by atoms with van der Waals surface area (Å²) < 4.78 is 56.6. The Balaban J connectivity index is 1.84. The van der Waals surface area contributed by atoms with Crippen LogP contribution >= 0.6 is 0 Å². The van der Waals surface area contributed by atoms with E-state index in [1.807, 2.05) is 0 Å². The van der Waals surface area contributed by atoms with Crippen LogP contribution in [0, 0.1) is 0 Å². The van der Waals surface area contributed by atoms with E-state index in [2.05, 4.69) is 5.32 Å². The zero-order valence-electron chi connectivity index (χ0n) is 13.6. The fraction of sp³-hybridized carbons (Fsp3) is 0.188. The SMILES string of the molecule is NS(=O)(=O)c1ccc(CCNC(=O)Cc2ccc(S(=O)(=O)F)cc2)cc1. The first-order valence-electron chi connectivity index (χ1n) is 7.48. The highest BCUT2D eigenvalue weighted by molar-refractivity contribution is 7.89. The van der Waals surface area contributed by atoms with E-state index >= 15 is 0 Å². The third-order valence-corrected chi connectivity index (χ3v) is 5.32. The van der Waals surface area contributed by atoms with Crippen molar-refractivity contribution in [2.45, 2.75) is 22.6 Å². The van der Waals surface area contributed by atoms with Gasteiger partial charge in [0.2, 0.25) is 15.9 Å². The molecule has 2 rings (SSSR count). The Labute approximate surface area is 151 Å². The molecular formula is C16H17FN2O5S2. The molecule has 2 aromatic carbocycles. The molecular weight excluding hydrogens is 383 g/mol. The maximum Gasteiger partial charge on any atom is 0.332 e. The number of nitrogens with two attached hydrogens (primary N) is 1. The third-order valence-electron chi connectivity index (χ3n) is 3.56. The van der Waals surface area contributed by atoms with Gasteiger partial charge in [-0.3, -0.25) is 4.79 Å². The average molecular weight is 400 g/mol. The summed E-state index contributed by atoms with van der Waals surface area (Å²) >= 11 is 0. The fourth-order valence-electron chi connectivity index (χ4n) is 2.21. The molecule has 3 N–H and O–H groups in total. The van der Waals surface area contributed by atoms with E-state index in [0.717, 1.165) is 17.7 Å². The van der Waals surface area contributed by atoms with E-state index in [9.17, 15) is 25.5 Å². The molecule has 26 heavy (non-hydrogen) atoms. The summed E-state index contributed by atoms with van der Waals surface area (Å²) in [6, 6.07) is 11.0. The molecule has 0 aliphatic carbocycles. The highest BCUT2D eigenvalue weighted by atomic mass is 32.3. The van der Waals surface area contributed by atoms with Gasteiger partial charge in [0, 0.05) is 6.54 Å². The lowest BCUT2D eigenvalue weighted by atomic mass is 10.1. The minimum atomic E-state index is -4.75. The summed E-state index contributed by atoms with van der Waals surface area (Å²) in [5, 5.41) is 7.71. The number of nitrogens with one attached hydrogen (secondary N) is 1. The minimum absolute atomic E-state index is 0.0176. The van der Waals surface area contributed by atoms with Gasteiger partial charge in [-0.15, -0.1) is 3.89 Å². The lowest BCUT2D eigenvalue weighted by Crippen LogP contribution is -2.27. The quantitative estimate of drug-likeness (QED) is 0.668. The first-order valence-corrected chi connectivity index (χ1v) is 10.4. The zero-order valence-corrected chi connectivity index (χ0v) is 15.2. The molecule has 0 aromatic heterocycles. The average Bonchev–Trinajstić information content (AvgIpc) is 2.54. The Morgan fingerprint density at radius 1 is 0.885 bits per heavy atom. The summed E-state index contributed by atoms with van der Waals surface area (Å²) in [7, 11) is -8.48. The topological polar surface area (TPSA) is 123 Å². The molecule has 0 aliphatic rings. The molecule has 0 bridgehead atoms.